The number of carbonyl (C=O) groups is 3. The number of nitrogen functional groups attached to an aromatic ring is 1. The number of benzene rings is 2. The van der Waals surface area contributed by atoms with Gasteiger partial charge in [0.05, 0.1) is 6.42 Å². The molecule has 0 aliphatic carbocycles. The Morgan fingerprint density at radius 3 is 2.58 bits per heavy atom. The van der Waals surface area contributed by atoms with Crippen molar-refractivity contribution in [2.75, 3.05) is 11.9 Å². The highest BCUT2D eigenvalue weighted by Crippen LogP contribution is 2.24. The zero-order valence-electron chi connectivity index (χ0n) is 17.1. The molecule has 1 atom stereocenters. The Hall–Kier alpha value is -3.88. The van der Waals surface area contributed by atoms with Crippen molar-refractivity contribution < 1.29 is 19.5 Å². The number of amidine groups is 1. The van der Waals surface area contributed by atoms with Gasteiger partial charge in [-0.2, -0.15) is 0 Å². The molecule has 0 saturated carbocycles. The van der Waals surface area contributed by atoms with Gasteiger partial charge in [0, 0.05) is 28.9 Å². The normalized spacial score (nSPS) is 15.5. The maximum Gasteiger partial charge on any atom is 0.254 e. The summed E-state index contributed by atoms with van der Waals surface area (Å²) in [6.45, 7) is 2.23. The van der Waals surface area contributed by atoms with E-state index in [1.165, 1.54) is 23.1 Å². The average Bonchev–Trinajstić information content (AvgIpc) is 3.19. The summed E-state index contributed by atoms with van der Waals surface area (Å²) in [6.07, 6.45) is 1.18. The first-order valence-corrected chi connectivity index (χ1v) is 9.84. The number of aromatic hydroxyl groups is 1. The first kappa shape index (κ1) is 21.8. The van der Waals surface area contributed by atoms with Crippen LogP contribution in [0.5, 0.6) is 5.75 Å². The molecule has 9 nitrogen and oxygen atoms in total. The highest BCUT2D eigenvalue weighted by atomic mass is 16.3. The van der Waals surface area contributed by atoms with Crippen LogP contribution in [0.15, 0.2) is 36.4 Å². The van der Waals surface area contributed by atoms with Crippen molar-refractivity contribution >= 4 is 29.2 Å². The van der Waals surface area contributed by atoms with E-state index in [-0.39, 0.29) is 29.8 Å². The molecule has 0 radical (unpaired) electrons. The molecule has 3 rings (SSSR count). The molecule has 1 heterocycles. The number of phenols is 1. The number of hydrogen-bond acceptors (Lipinski definition) is 5. The number of likely N-dealkylation sites (tertiary alicyclic amines) is 1. The van der Waals surface area contributed by atoms with Crippen molar-refractivity contribution in [3.05, 3.63) is 58.7 Å². The van der Waals surface area contributed by atoms with Gasteiger partial charge in [0.15, 0.2) is 0 Å². The Morgan fingerprint density at radius 2 is 1.94 bits per heavy atom. The van der Waals surface area contributed by atoms with Gasteiger partial charge in [-0.3, -0.25) is 19.8 Å². The smallest absolute Gasteiger partial charge is 0.254 e. The molecule has 1 aliphatic heterocycles. The van der Waals surface area contributed by atoms with Crippen LogP contribution in [0.4, 0.5) is 5.69 Å². The quantitative estimate of drug-likeness (QED) is 0.348. The van der Waals surface area contributed by atoms with E-state index in [0.717, 1.165) is 6.42 Å². The van der Waals surface area contributed by atoms with E-state index in [0.29, 0.717) is 40.9 Å². The lowest BCUT2D eigenvalue weighted by Gasteiger charge is -2.23. The van der Waals surface area contributed by atoms with Gasteiger partial charge in [0.25, 0.3) is 5.91 Å². The second-order valence-corrected chi connectivity index (χ2v) is 7.57. The molecule has 9 heteroatoms. The lowest BCUT2D eigenvalue weighted by atomic mass is 10.0. The van der Waals surface area contributed by atoms with Crippen molar-refractivity contribution in [2.24, 2.45) is 11.5 Å². The van der Waals surface area contributed by atoms with Crippen LogP contribution in [-0.2, 0) is 16.0 Å². The van der Waals surface area contributed by atoms with Gasteiger partial charge in [0.2, 0.25) is 11.8 Å². The molecule has 0 aromatic heterocycles. The van der Waals surface area contributed by atoms with Gasteiger partial charge < -0.3 is 26.8 Å². The standard InChI is InChI=1S/C22H25N5O4/c1-12-9-15(5-6-16(12)22(31)27-8-2-3-17(27)21(25)30)26-19(29)11-14-10-13(20(23)24)4-7-18(14)28/h4-7,9-10,17,28H,2-3,8,11H2,1H3,(H3,23,24)(H2,25,30)(H,26,29)/t17-/m0/s1. The molecule has 3 amide bonds. The second-order valence-electron chi connectivity index (χ2n) is 7.57. The molecule has 0 spiro atoms. The Kier molecular flexibility index (Phi) is 6.24. The second kappa shape index (κ2) is 8.86. The maximum atomic E-state index is 12.9. The Balaban J connectivity index is 1.71. The zero-order valence-corrected chi connectivity index (χ0v) is 17.1. The third kappa shape index (κ3) is 4.82. The summed E-state index contributed by atoms with van der Waals surface area (Å²) in [5, 5.41) is 20.2. The summed E-state index contributed by atoms with van der Waals surface area (Å²) in [5.74, 6) is -1.36. The van der Waals surface area contributed by atoms with Crippen LogP contribution in [0.1, 0.15) is 39.9 Å². The third-order valence-corrected chi connectivity index (χ3v) is 5.32. The van der Waals surface area contributed by atoms with Crippen LogP contribution in [0.25, 0.3) is 0 Å². The molecule has 0 unspecified atom stereocenters. The molecular weight excluding hydrogens is 398 g/mol. The van der Waals surface area contributed by atoms with E-state index >= 15 is 0 Å². The van der Waals surface area contributed by atoms with Gasteiger partial charge in [-0.05, 0) is 61.7 Å². The van der Waals surface area contributed by atoms with Gasteiger partial charge in [-0.25, -0.2) is 0 Å². The molecule has 1 saturated heterocycles. The van der Waals surface area contributed by atoms with Crippen molar-refractivity contribution in [1.82, 2.24) is 4.90 Å². The lowest BCUT2D eigenvalue weighted by Crippen LogP contribution is -2.43. The molecule has 1 fully saturated rings. The molecule has 2 aromatic carbocycles. The average molecular weight is 423 g/mol. The summed E-state index contributed by atoms with van der Waals surface area (Å²) in [6, 6.07) is 8.69. The Morgan fingerprint density at radius 1 is 1.19 bits per heavy atom. The number of anilines is 1. The van der Waals surface area contributed by atoms with E-state index in [4.69, 9.17) is 16.9 Å². The number of carbonyl (C=O) groups excluding carboxylic acids is 3. The van der Waals surface area contributed by atoms with E-state index in [1.54, 1.807) is 25.1 Å². The summed E-state index contributed by atoms with van der Waals surface area (Å²) >= 11 is 0. The summed E-state index contributed by atoms with van der Waals surface area (Å²) in [7, 11) is 0. The molecule has 2 aromatic rings. The minimum Gasteiger partial charge on any atom is -0.508 e. The fraction of sp³-hybridized carbons (Fsp3) is 0.273. The summed E-state index contributed by atoms with van der Waals surface area (Å²) in [5.41, 5.74) is 13.2. The third-order valence-electron chi connectivity index (χ3n) is 5.32. The van der Waals surface area contributed by atoms with E-state index in [9.17, 15) is 19.5 Å². The van der Waals surface area contributed by atoms with Crippen LogP contribution >= 0.6 is 0 Å². The van der Waals surface area contributed by atoms with Crippen LogP contribution in [0.3, 0.4) is 0 Å². The summed E-state index contributed by atoms with van der Waals surface area (Å²) < 4.78 is 0. The number of primary amides is 1. The number of nitrogens with zero attached hydrogens (tertiary/aromatic N) is 1. The SMILES string of the molecule is Cc1cc(NC(=O)Cc2cc(C(=N)N)ccc2O)ccc1C(=O)N1CCC[C@H]1C(N)=O. The van der Waals surface area contributed by atoms with Crippen molar-refractivity contribution in [3.63, 3.8) is 0 Å². The number of nitrogens with two attached hydrogens (primary N) is 2. The van der Waals surface area contributed by atoms with Gasteiger partial charge in [-0.1, -0.05) is 0 Å². The predicted molar refractivity (Wildman–Crippen MR) is 116 cm³/mol. The van der Waals surface area contributed by atoms with Crippen molar-refractivity contribution in [1.29, 1.82) is 5.41 Å². The fourth-order valence-corrected chi connectivity index (χ4v) is 3.71. The first-order chi connectivity index (χ1) is 14.7. The van der Waals surface area contributed by atoms with Crippen LogP contribution in [0, 0.1) is 12.3 Å². The van der Waals surface area contributed by atoms with Crippen molar-refractivity contribution in [3.8, 4) is 5.75 Å². The number of amides is 3. The van der Waals surface area contributed by atoms with E-state index < -0.39 is 11.9 Å². The number of phenolic OH excluding ortho intramolecular Hbond substituents is 1. The lowest BCUT2D eigenvalue weighted by molar-refractivity contribution is -0.121. The predicted octanol–water partition coefficient (Wildman–Crippen LogP) is 1.26. The number of rotatable bonds is 6. The number of nitrogens with one attached hydrogen (secondary N) is 2. The van der Waals surface area contributed by atoms with Crippen LogP contribution < -0.4 is 16.8 Å². The Labute approximate surface area is 179 Å². The molecule has 31 heavy (non-hydrogen) atoms. The molecule has 1 aliphatic rings. The molecule has 0 bridgehead atoms. The molecule has 162 valence electrons. The zero-order chi connectivity index (χ0) is 22.7. The Bertz CT molecular complexity index is 1070. The fourth-order valence-electron chi connectivity index (χ4n) is 3.71. The molecular formula is C22H25N5O4. The van der Waals surface area contributed by atoms with E-state index in [1.807, 2.05) is 0 Å². The van der Waals surface area contributed by atoms with Crippen LogP contribution in [0.2, 0.25) is 0 Å². The largest absolute Gasteiger partial charge is 0.508 e. The van der Waals surface area contributed by atoms with Gasteiger partial charge in [0.1, 0.15) is 17.6 Å². The molecule has 7 N–H and O–H groups in total. The van der Waals surface area contributed by atoms with Gasteiger partial charge >= 0.3 is 0 Å². The highest BCUT2D eigenvalue weighted by molar-refractivity contribution is 6.00. The highest BCUT2D eigenvalue weighted by Gasteiger charge is 2.33. The minimum atomic E-state index is -0.593. The first-order valence-electron chi connectivity index (χ1n) is 9.84. The van der Waals surface area contributed by atoms with E-state index in [2.05, 4.69) is 5.32 Å². The number of aryl methyl sites for hydroxylation is 1. The monoisotopic (exact) mass is 423 g/mol. The minimum absolute atomic E-state index is 0.0631. The summed E-state index contributed by atoms with van der Waals surface area (Å²) in [4.78, 5) is 38.4. The number of hydrogen-bond donors (Lipinski definition) is 5. The van der Waals surface area contributed by atoms with Crippen LogP contribution in [-0.4, -0.2) is 46.2 Å². The topological polar surface area (TPSA) is 163 Å². The van der Waals surface area contributed by atoms with Gasteiger partial charge in [-0.15, -0.1) is 0 Å². The maximum absolute atomic E-state index is 12.9. The van der Waals surface area contributed by atoms with Crippen molar-refractivity contribution in [2.45, 2.75) is 32.2 Å².